The van der Waals surface area contributed by atoms with E-state index < -0.39 is 6.04 Å². The molecule has 2 amide bonds. The minimum absolute atomic E-state index is 0.0986. The van der Waals surface area contributed by atoms with Gasteiger partial charge in [-0.2, -0.15) is 0 Å². The molecule has 0 saturated heterocycles. The SMILES string of the molecule is COc1ccccc1CNC(=O)[C@@H](C)NC(=O)C12CC3CC(CC(C3)C1)C2. The standard InChI is InChI=1S/C22H30N2O3/c1-14(20(25)23-13-18-5-3-4-6-19(18)27-2)24-21(26)22-10-15-7-16(11-22)9-17(8-15)12-22/h3-6,14-17H,7-13H2,1-2H3,(H,23,25)(H,24,26)/t14-,15?,16?,17?,22?/m1/s1. The van der Waals surface area contributed by atoms with Crippen molar-refractivity contribution in [1.82, 2.24) is 10.6 Å². The molecule has 0 radical (unpaired) electrons. The van der Waals surface area contributed by atoms with Gasteiger partial charge in [0, 0.05) is 17.5 Å². The van der Waals surface area contributed by atoms with E-state index in [1.165, 1.54) is 19.3 Å². The van der Waals surface area contributed by atoms with Crippen molar-refractivity contribution in [3.8, 4) is 5.75 Å². The first-order valence-electron chi connectivity index (χ1n) is 10.2. The summed E-state index contributed by atoms with van der Waals surface area (Å²) in [5, 5.41) is 5.94. The number of amides is 2. The van der Waals surface area contributed by atoms with Crippen molar-refractivity contribution in [2.45, 2.75) is 58.0 Å². The molecule has 0 unspecified atom stereocenters. The van der Waals surface area contributed by atoms with E-state index in [0.29, 0.717) is 6.54 Å². The Morgan fingerprint density at radius 2 is 1.70 bits per heavy atom. The summed E-state index contributed by atoms with van der Waals surface area (Å²) in [6.45, 7) is 2.16. The van der Waals surface area contributed by atoms with Crippen molar-refractivity contribution in [3.05, 3.63) is 29.8 Å². The summed E-state index contributed by atoms with van der Waals surface area (Å²) in [6.07, 6.45) is 6.96. The number of para-hydroxylation sites is 1. The Hall–Kier alpha value is -2.04. The van der Waals surface area contributed by atoms with Crippen LogP contribution in [0.15, 0.2) is 24.3 Å². The molecule has 0 aliphatic heterocycles. The molecule has 0 heterocycles. The van der Waals surface area contributed by atoms with Gasteiger partial charge in [0.15, 0.2) is 0 Å². The van der Waals surface area contributed by atoms with Gasteiger partial charge in [-0.25, -0.2) is 0 Å². The number of carbonyl (C=O) groups is 2. The molecule has 1 aromatic rings. The molecule has 0 spiro atoms. The number of carbonyl (C=O) groups excluding carboxylic acids is 2. The molecule has 27 heavy (non-hydrogen) atoms. The van der Waals surface area contributed by atoms with Gasteiger partial charge in [0.25, 0.3) is 0 Å². The second-order valence-electron chi connectivity index (χ2n) is 8.92. The van der Waals surface area contributed by atoms with Crippen LogP contribution in [0.4, 0.5) is 0 Å². The Labute approximate surface area is 161 Å². The topological polar surface area (TPSA) is 67.4 Å². The molecular formula is C22H30N2O3. The molecule has 1 aromatic carbocycles. The van der Waals surface area contributed by atoms with Crippen LogP contribution in [-0.2, 0) is 16.1 Å². The molecule has 4 bridgehead atoms. The van der Waals surface area contributed by atoms with Crippen LogP contribution in [0.2, 0.25) is 0 Å². The van der Waals surface area contributed by atoms with Gasteiger partial charge in [0.2, 0.25) is 11.8 Å². The van der Waals surface area contributed by atoms with Crippen LogP contribution >= 0.6 is 0 Å². The lowest BCUT2D eigenvalue weighted by molar-refractivity contribution is -0.148. The molecule has 0 aromatic heterocycles. The highest BCUT2D eigenvalue weighted by Gasteiger charge is 2.54. The predicted octanol–water partition coefficient (Wildman–Crippen LogP) is 3.03. The lowest BCUT2D eigenvalue weighted by atomic mass is 9.49. The molecule has 5 nitrogen and oxygen atoms in total. The summed E-state index contributed by atoms with van der Waals surface area (Å²) in [4.78, 5) is 25.6. The average Bonchev–Trinajstić information content (AvgIpc) is 2.65. The lowest BCUT2D eigenvalue weighted by Crippen LogP contribution is -2.56. The van der Waals surface area contributed by atoms with Crippen LogP contribution in [0, 0.1) is 23.2 Å². The van der Waals surface area contributed by atoms with Crippen molar-refractivity contribution in [1.29, 1.82) is 0 Å². The van der Waals surface area contributed by atoms with E-state index in [2.05, 4.69) is 10.6 Å². The molecule has 4 aliphatic carbocycles. The third kappa shape index (κ3) is 3.56. The normalized spacial score (nSPS) is 32.0. The molecule has 5 heteroatoms. The zero-order valence-electron chi connectivity index (χ0n) is 16.3. The number of benzene rings is 1. The summed E-state index contributed by atoms with van der Waals surface area (Å²) in [7, 11) is 1.62. The smallest absolute Gasteiger partial charge is 0.242 e. The van der Waals surface area contributed by atoms with Crippen LogP contribution < -0.4 is 15.4 Å². The second-order valence-corrected chi connectivity index (χ2v) is 8.92. The number of methoxy groups -OCH3 is 1. The highest BCUT2D eigenvalue weighted by atomic mass is 16.5. The van der Waals surface area contributed by atoms with Crippen LogP contribution in [0.1, 0.15) is 51.0 Å². The summed E-state index contributed by atoms with van der Waals surface area (Å²) in [5.41, 5.74) is 0.708. The fourth-order valence-electron chi connectivity index (χ4n) is 5.99. The Kier molecular flexibility index (Phi) is 4.87. The van der Waals surface area contributed by atoms with E-state index in [0.717, 1.165) is 48.3 Å². The van der Waals surface area contributed by atoms with Gasteiger partial charge >= 0.3 is 0 Å². The maximum Gasteiger partial charge on any atom is 0.242 e. The molecule has 2 N–H and O–H groups in total. The monoisotopic (exact) mass is 370 g/mol. The van der Waals surface area contributed by atoms with Gasteiger partial charge in [-0.15, -0.1) is 0 Å². The first kappa shape index (κ1) is 18.3. The van der Waals surface area contributed by atoms with Crippen LogP contribution in [0.25, 0.3) is 0 Å². The van der Waals surface area contributed by atoms with E-state index in [1.807, 2.05) is 24.3 Å². The number of ether oxygens (including phenoxy) is 1. The fourth-order valence-corrected chi connectivity index (χ4v) is 5.99. The Morgan fingerprint density at radius 3 is 2.30 bits per heavy atom. The molecule has 5 rings (SSSR count). The second kappa shape index (κ2) is 7.17. The average molecular weight is 370 g/mol. The summed E-state index contributed by atoms with van der Waals surface area (Å²) < 4.78 is 5.32. The van der Waals surface area contributed by atoms with E-state index in [4.69, 9.17) is 4.74 Å². The van der Waals surface area contributed by atoms with Crippen LogP contribution in [0.5, 0.6) is 5.75 Å². The Bertz CT molecular complexity index is 695. The van der Waals surface area contributed by atoms with Gasteiger partial charge in [-0.3, -0.25) is 9.59 Å². The van der Waals surface area contributed by atoms with Crippen LogP contribution in [0.3, 0.4) is 0 Å². The molecular weight excluding hydrogens is 340 g/mol. The maximum atomic E-state index is 13.1. The van der Waals surface area contributed by atoms with Crippen molar-refractivity contribution < 1.29 is 14.3 Å². The van der Waals surface area contributed by atoms with Crippen molar-refractivity contribution in [2.75, 3.05) is 7.11 Å². The summed E-state index contributed by atoms with van der Waals surface area (Å²) in [5.74, 6) is 2.86. The molecule has 4 saturated carbocycles. The highest BCUT2D eigenvalue weighted by molar-refractivity contribution is 5.90. The number of hydrogen-bond donors (Lipinski definition) is 2. The minimum atomic E-state index is -0.528. The van der Waals surface area contributed by atoms with E-state index in [-0.39, 0.29) is 17.2 Å². The zero-order valence-corrected chi connectivity index (χ0v) is 16.3. The summed E-state index contributed by atoms with van der Waals surface area (Å²) in [6, 6.07) is 7.10. The van der Waals surface area contributed by atoms with Crippen LogP contribution in [-0.4, -0.2) is 25.0 Å². The maximum absolute atomic E-state index is 13.1. The predicted molar refractivity (Wildman–Crippen MR) is 103 cm³/mol. The van der Waals surface area contributed by atoms with Gasteiger partial charge in [-0.05, 0) is 69.3 Å². The van der Waals surface area contributed by atoms with E-state index in [1.54, 1.807) is 14.0 Å². The first-order valence-corrected chi connectivity index (χ1v) is 10.2. The zero-order chi connectivity index (χ0) is 19.0. The van der Waals surface area contributed by atoms with Crippen molar-refractivity contribution in [2.24, 2.45) is 23.2 Å². The summed E-state index contributed by atoms with van der Waals surface area (Å²) >= 11 is 0. The van der Waals surface area contributed by atoms with Crippen molar-refractivity contribution in [3.63, 3.8) is 0 Å². The number of nitrogens with one attached hydrogen (secondary N) is 2. The minimum Gasteiger partial charge on any atom is -0.496 e. The lowest BCUT2D eigenvalue weighted by Gasteiger charge is -2.55. The molecule has 4 fully saturated rings. The fraction of sp³-hybridized carbons (Fsp3) is 0.636. The molecule has 1 atom stereocenters. The van der Waals surface area contributed by atoms with Gasteiger partial charge in [0.1, 0.15) is 11.8 Å². The third-order valence-electron chi connectivity index (χ3n) is 6.91. The third-order valence-corrected chi connectivity index (χ3v) is 6.91. The number of rotatable bonds is 6. The quantitative estimate of drug-likeness (QED) is 0.809. The Balaban J connectivity index is 1.34. The highest BCUT2D eigenvalue weighted by Crippen LogP contribution is 2.60. The first-order chi connectivity index (χ1) is 13.0. The van der Waals surface area contributed by atoms with Crippen molar-refractivity contribution >= 4 is 11.8 Å². The van der Waals surface area contributed by atoms with Gasteiger partial charge < -0.3 is 15.4 Å². The van der Waals surface area contributed by atoms with Gasteiger partial charge in [-0.1, -0.05) is 18.2 Å². The van der Waals surface area contributed by atoms with E-state index in [9.17, 15) is 9.59 Å². The van der Waals surface area contributed by atoms with Gasteiger partial charge in [0.05, 0.1) is 7.11 Å². The largest absolute Gasteiger partial charge is 0.496 e. The number of hydrogen-bond acceptors (Lipinski definition) is 3. The Morgan fingerprint density at radius 1 is 1.11 bits per heavy atom. The molecule has 146 valence electrons. The van der Waals surface area contributed by atoms with E-state index >= 15 is 0 Å². The molecule has 4 aliphatic rings.